The third kappa shape index (κ3) is 5.21. The number of rotatable bonds is 4. The van der Waals surface area contributed by atoms with Crippen LogP contribution in [0.1, 0.15) is 80.4 Å². The topological polar surface area (TPSA) is 74.3 Å². The molecule has 5 rings (SSSR count). The largest absolute Gasteiger partial charge is 0.353 e. The molecule has 2 fully saturated rings. The van der Waals surface area contributed by atoms with Gasteiger partial charge in [-0.3, -0.25) is 9.78 Å². The summed E-state index contributed by atoms with van der Waals surface area (Å²) >= 11 is 0. The van der Waals surface area contributed by atoms with E-state index in [1.165, 1.54) is 30.4 Å². The summed E-state index contributed by atoms with van der Waals surface area (Å²) < 4.78 is 0. The Labute approximate surface area is 196 Å². The second kappa shape index (κ2) is 9.94. The third-order valence-electron chi connectivity index (χ3n) is 7.70. The minimum Gasteiger partial charge on any atom is -0.353 e. The van der Waals surface area contributed by atoms with Gasteiger partial charge in [0, 0.05) is 43.1 Å². The molecule has 0 saturated heterocycles. The molecule has 0 spiro atoms. The molecule has 1 aliphatic heterocycles. The minimum absolute atomic E-state index is 0.0758. The molecule has 2 aliphatic carbocycles. The number of fused-ring (bicyclic) bond motifs is 1. The summed E-state index contributed by atoms with van der Waals surface area (Å²) in [6.07, 6.45) is 13.7. The molecule has 2 N–H and O–H groups in total. The van der Waals surface area contributed by atoms with Crippen LogP contribution >= 0.6 is 0 Å². The molecule has 6 heteroatoms. The van der Waals surface area contributed by atoms with Crippen LogP contribution in [0.2, 0.25) is 0 Å². The summed E-state index contributed by atoms with van der Waals surface area (Å²) in [4.78, 5) is 31.2. The van der Waals surface area contributed by atoms with Crippen LogP contribution in [0.25, 0.3) is 0 Å². The van der Waals surface area contributed by atoms with Crippen LogP contribution in [-0.2, 0) is 17.9 Å². The lowest BCUT2D eigenvalue weighted by molar-refractivity contribution is -0.126. The maximum atomic E-state index is 12.7. The molecule has 0 unspecified atom stereocenters. The predicted molar refractivity (Wildman–Crippen MR) is 129 cm³/mol. The number of aromatic nitrogens is 1. The molecule has 33 heavy (non-hydrogen) atoms. The average Bonchev–Trinajstić information content (AvgIpc) is 3.30. The first kappa shape index (κ1) is 21.9. The van der Waals surface area contributed by atoms with Crippen LogP contribution in [0.5, 0.6) is 0 Å². The molecule has 2 aromatic rings. The molecular weight excluding hydrogens is 412 g/mol. The van der Waals surface area contributed by atoms with E-state index in [4.69, 9.17) is 0 Å². The van der Waals surface area contributed by atoms with Crippen molar-refractivity contribution in [2.24, 2.45) is 5.92 Å². The van der Waals surface area contributed by atoms with E-state index in [0.717, 1.165) is 49.8 Å². The second-order valence-corrected chi connectivity index (χ2v) is 9.94. The molecule has 0 radical (unpaired) electrons. The Bertz CT molecular complexity index is 951. The lowest BCUT2D eigenvalue weighted by Crippen LogP contribution is -2.41. The van der Waals surface area contributed by atoms with Crippen LogP contribution in [0, 0.1) is 5.92 Å². The molecule has 0 atom stereocenters. The normalized spacial score (nSPS) is 23.1. The van der Waals surface area contributed by atoms with Crippen molar-refractivity contribution in [1.82, 2.24) is 15.2 Å². The van der Waals surface area contributed by atoms with Gasteiger partial charge in [-0.25, -0.2) is 4.79 Å². The average molecular weight is 447 g/mol. The standard InChI is InChI=1S/C27H34N4O2/c32-26(21-4-2-1-3-5-21)29-24-10-6-19(7-11-24)20-8-12-25(13-9-20)30-27(33)31-17-22-14-15-28-16-23(22)18-31/h8-9,12-16,19,21,24H,1-7,10-11,17-18H2,(H,29,32)(H,30,33)/t19-,24-. The number of carbonyl (C=O) groups is 2. The molecular formula is C27H34N4O2. The number of pyridine rings is 1. The quantitative estimate of drug-likeness (QED) is 0.665. The fourth-order valence-corrected chi connectivity index (χ4v) is 5.66. The fraction of sp³-hybridized carbons (Fsp3) is 0.519. The fourth-order valence-electron chi connectivity index (χ4n) is 5.66. The van der Waals surface area contributed by atoms with Gasteiger partial charge in [0.25, 0.3) is 0 Å². The lowest BCUT2D eigenvalue weighted by Gasteiger charge is -2.31. The zero-order chi connectivity index (χ0) is 22.6. The Balaban J connectivity index is 1.09. The van der Waals surface area contributed by atoms with E-state index in [1.807, 2.05) is 29.3 Å². The Kier molecular flexibility index (Phi) is 6.60. The van der Waals surface area contributed by atoms with Gasteiger partial charge in [0.2, 0.25) is 5.91 Å². The van der Waals surface area contributed by atoms with Crippen molar-refractivity contribution in [1.29, 1.82) is 0 Å². The zero-order valence-electron chi connectivity index (χ0n) is 19.3. The van der Waals surface area contributed by atoms with Gasteiger partial charge in [0.1, 0.15) is 0 Å². The summed E-state index contributed by atoms with van der Waals surface area (Å²) in [7, 11) is 0. The molecule has 3 aliphatic rings. The molecule has 1 aromatic heterocycles. The van der Waals surface area contributed by atoms with E-state index >= 15 is 0 Å². The van der Waals surface area contributed by atoms with Crippen molar-refractivity contribution < 1.29 is 9.59 Å². The van der Waals surface area contributed by atoms with Gasteiger partial charge >= 0.3 is 6.03 Å². The molecule has 174 valence electrons. The SMILES string of the molecule is O=C(N[C@H]1CC[C@H](c2ccc(NC(=O)N3Cc4ccncc4C3)cc2)CC1)C1CCCCC1. The highest BCUT2D eigenvalue weighted by molar-refractivity contribution is 5.89. The van der Waals surface area contributed by atoms with Crippen LogP contribution in [0.4, 0.5) is 10.5 Å². The van der Waals surface area contributed by atoms with Gasteiger partial charge in [0.15, 0.2) is 0 Å². The van der Waals surface area contributed by atoms with Gasteiger partial charge in [-0.2, -0.15) is 0 Å². The van der Waals surface area contributed by atoms with E-state index in [1.54, 1.807) is 6.20 Å². The first-order valence-electron chi connectivity index (χ1n) is 12.5. The highest BCUT2D eigenvalue weighted by atomic mass is 16.2. The first-order chi connectivity index (χ1) is 16.2. The number of hydrogen-bond donors (Lipinski definition) is 2. The Morgan fingerprint density at radius 3 is 2.30 bits per heavy atom. The van der Waals surface area contributed by atoms with Gasteiger partial charge in [-0.1, -0.05) is 31.4 Å². The monoisotopic (exact) mass is 446 g/mol. The van der Waals surface area contributed by atoms with Crippen molar-refractivity contribution in [3.05, 3.63) is 59.4 Å². The maximum absolute atomic E-state index is 12.7. The van der Waals surface area contributed by atoms with Gasteiger partial charge in [-0.05, 0) is 79.3 Å². The summed E-state index contributed by atoms with van der Waals surface area (Å²) in [5, 5.41) is 6.36. The first-order valence-corrected chi connectivity index (χ1v) is 12.5. The predicted octanol–water partition coefficient (Wildman–Crippen LogP) is 5.35. The highest BCUT2D eigenvalue weighted by Gasteiger charge is 2.27. The number of urea groups is 1. The Morgan fingerprint density at radius 1 is 0.848 bits per heavy atom. The summed E-state index contributed by atoms with van der Waals surface area (Å²) in [6.45, 7) is 1.23. The molecule has 3 amide bonds. The number of benzene rings is 1. The molecule has 2 heterocycles. The number of amides is 3. The van der Waals surface area contributed by atoms with Crippen LogP contribution in [0.15, 0.2) is 42.7 Å². The van der Waals surface area contributed by atoms with E-state index in [0.29, 0.717) is 25.0 Å². The minimum atomic E-state index is -0.0758. The van der Waals surface area contributed by atoms with Gasteiger partial charge in [-0.15, -0.1) is 0 Å². The molecule has 1 aromatic carbocycles. The summed E-state index contributed by atoms with van der Waals surface area (Å²) in [6, 6.07) is 10.5. The highest BCUT2D eigenvalue weighted by Crippen LogP contribution is 2.34. The Hall–Kier alpha value is -2.89. The number of carbonyl (C=O) groups excluding carboxylic acids is 2. The maximum Gasteiger partial charge on any atom is 0.322 e. The molecule has 0 bridgehead atoms. The number of nitrogens with zero attached hydrogens (tertiary/aromatic N) is 2. The molecule has 2 saturated carbocycles. The third-order valence-corrected chi connectivity index (χ3v) is 7.70. The summed E-state index contributed by atoms with van der Waals surface area (Å²) in [5.41, 5.74) is 4.44. The van der Waals surface area contributed by atoms with Crippen LogP contribution in [-0.4, -0.2) is 27.9 Å². The number of anilines is 1. The smallest absolute Gasteiger partial charge is 0.322 e. The second-order valence-electron chi connectivity index (χ2n) is 9.94. The van der Waals surface area contributed by atoms with E-state index < -0.39 is 0 Å². The zero-order valence-corrected chi connectivity index (χ0v) is 19.3. The number of hydrogen-bond acceptors (Lipinski definition) is 3. The van der Waals surface area contributed by atoms with Crippen molar-refractivity contribution in [2.45, 2.75) is 82.8 Å². The number of nitrogens with one attached hydrogen (secondary N) is 2. The van der Waals surface area contributed by atoms with Crippen LogP contribution in [0.3, 0.4) is 0 Å². The lowest BCUT2D eigenvalue weighted by atomic mass is 9.81. The van der Waals surface area contributed by atoms with Crippen molar-refractivity contribution in [3.8, 4) is 0 Å². The Morgan fingerprint density at radius 2 is 1.58 bits per heavy atom. The van der Waals surface area contributed by atoms with Crippen molar-refractivity contribution >= 4 is 17.6 Å². The van der Waals surface area contributed by atoms with Gasteiger partial charge in [0.05, 0.1) is 0 Å². The van der Waals surface area contributed by atoms with Crippen LogP contribution < -0.4 is 10.6 Å². The molecule has 6 nitrogen and oxygen atoms in total. The van der Waals surface area contributed by atoms with E-state index in [9.17, 15) is 9.59 Å². The summed E-state index contributed by atoms with van der Waals surface area (Å²) in [5.74, 6) is 1.05. The van der Waals surface area contributed by atoms with E-state index in [2.05, 4.69) is 27.8 Å². The van der Waals surface area contributed by atoms with Crippen molar-refractivity contribution in [3.63, 3.8) is 0 Å². The van der Waals surface area contributed by atoms with Crippen molar-refractivity contribution in [2.75, 3.05) is 5.32 Å². The van der Waals surface area contributed by atoms with Gasteiger partial charge < -0.3 is 15.5 Å². The van der Waals surface area contributed by atoms with E-state index in [-0.39, 0.29) is 17.9 Å².